The Morgan fingerprint density at radius 2 is 1.35 bits per heavy atom. The molecule has 2 aromatic rings. The van der Waals surface area contributed by atoms with Gasteiger partial charge in [0.15, 0.2) is 5.82 Å². The van der Waals surface area contributed by atoms with Crippen LogP contribution < -0.4 is 5.46 Å². The van der Waals surface area contributed by atoms with Crippen LogP contribution in [0.5, 0.6) is 0 Å². The van der Waals surface area contributed by atoms with Crippen LogP contribution in [-0.2, 0) is 9.31 Å². The van der Waals surface area contributed by atoms with E-state index in [1.165, 1.54) is 0 Å². The monoisotopic (exact) mass is 311 g/mol. The Morgan fingerprint density at radius 3 is 1.91 bits per heavy atom. The molecule has 2 heterocycles. The lowest BCUT2D eigenvalue weighted by Gasteiger charge is -2.32. The molecule has 120 valence electrons. The summed E-state index contributed by atoms with van der Waals surface area (Å²) in [5.41, 5.74) is 1.10. The molecular formula is C17H22BN3O2. The van der Waals surface area contributed by atoms with Crippen molar-refractivity contribution in [3.05, 3.63) is 35.9 Å². The molecule has 0 atom stereocenters. The van der Waals surface area contributed by atoms with Gasteiger partial charge in [0, 0.05) is 5.56 Å². The maximum atomic E-state index is 6.18. The summed E-state index contributed by atoms with van der Waals surface area (Å²) in [7, 11) is -0.437. The molecule has 1 aliphatic rings. The lowest BCUT2D eigenvalue weighted by atomic mass is 9.75. The van der Waals surface area contributed by atoms with Crippen molar-refractivity contribution in [2.24, 2.45) is 0 Å². The van der Waals surface area contributed by atoms with Gasteiger partial charge in [0.05, 0.1) is 11.2 Å². The van der Waals surface area contributed by atoms with Crippen molar-refractivity contribution in [1.29, 1.82) is 0 Å². The zero-order valence-corrected chi connectivity index (χ0v) is 14.5. The minimum atomic E-state index is -0.437. The summed E-state index contributed by atoms with van der Waals surface area (Å²) in [4.78, 5) is 13.2. The van der Waals surface area contributed by atoms with E-state index in [0.29, 0.717) is 17.5 Å². The second-order valence-electron chi connectivity index (χ2n) is 6.93. The van der Waals surface area contributed by atoms with E-state index < -0.39 is 7.12 Å². The van der Waals surface area contributed by atoms with Gasteiger partial charge < -0.3 is 9.31 Å². The third kappa shape index (κ3) is 2.89. The van der Waals surface area contributed by atoms with Gasteiger partial charge in [0.25, 0.3) is 0 Å². The molecule has 1 aromatic carbocycles. The normalized spacial score (nSPS) is 19.1. The standard InChI is InChI=1S/C17H22BN3O2/c1-11-19-12(2)21-15(20-11)13-9-7-8-10-14(13)18-22-16(3,4)17(5,6)23-18/h7-10H,1-6H3. The molecule has 0 saturated carbocycles. The minimum Gasteiger partial charge on any atom is -0.399 e. The average molecular weight is 311 g/mol. The summed E-state index contributed by atoms with van der Waals surface area (Å²) in [6.07, 6.45) is 0. The molecule has 0 aliphatic carbocycles. The summed E-state index contributed by atoms with van der Waals surface area (Å²) in [6, 6.07) is 7.95. The fraction of sp³-hybridized carbons (Fsp3) is 0.471. The molecule has 0 N–H and O–H groups in total. The van der Waals surface area contributed by atoms with E-state index in [0.717, 1.165) is 11.0 Å². The minimum absolute atomic E-state index is 0.379. The summed E-state index contributed by atoms with van der Waals surface area (Å²) in [5.74, 6) is 2.06. The van der Waals surface area contributed by atoms with Crippen molar-refractivity contribution in [1.82, 2.24) is 15.0 Å². The molecule has 23 heavy (non-hydrogen) atoms. The van der Waals surface area contributed by atoms with Gasteiger partial charge in [0.2, 0.25) is 0 Å². The predicted molar refractivity (Wildman–Crippen MR) is 90.5 cm³/mol. The Hall–Kier alpha value is -1.79. The fourth-order valence-corrected chi connectivity index (χ4v) is 2.61. The molecule has 1 saturated heterocycles. The predicted octanol–water partition coefficient (Wildman–Crippen LogP) is 2.45. The molecule has 0 bridgehead atoms. The van der Waals surface area contributed by atoms with Crippen LogP contribution in [0.25, 0.3) is 11.4 Å². The quantitative estimate of drug-likeness (QED) is 0.797. The highest BCUT2D eigenvalue weighted by atomic mass is 16.7. The first kappa shape index (κ1) is 16.1. The summed E-state index contributed by atoms with van der Waals surface area (Å²) >= 11 is 0. The number of aryl methyl sites for hydroxylation is 2. The van der Waals surface area contributed by atoms with E-state index in [1.54, 1.807) is 0 Å². The zero-order valence-electron chi connectivity index (χ0n) is 14.5. The summed E-state index contributed by atoms with van der Waals surface area (Å²) in [6.45, 7) is 11.9. The van der Waals surface area contributed by atoms with Crippen LogP contribution in [0.4, 0.5) is 0 Å². The third-order valence-corrected chi connectivity index (χ3v) is 4.57. The summed E-state index contributed by atoms with van der Waals surface area (Å²) < 4.78 is 12.4. The Kier molecular flexibility index (Phi) is 3.77. The second-order valence-corrected chi connectivity index (χ2v) is 6.93. The van der Waals surface area contributed by atoms with Crippen LogP contribution in [0.2, 0.25) is 0 Å². The smallest absolute Gasteiger partial charge is 0.399 e. The number of aromatic nitrogens is 3. The number of hydrogen-bond donors (Lipinski definition) is 0. The van der Waals surface area contributed by atoms with E-state index in [4.69, 9.17) is 9.31 Å². The van der Waals surface area contributed by atoms with E-state index in [9.17, 15) is 0 Å². The van der Waals surface area contributed by atoms with Gasteiger partial charge in [0.1, 0.15) is 11.6 Å². The number of rotatable bonds is 2. The highest BCUT2D eigenvalue weighted by Crippen LogP contribution is 2.37. The summed E-state index contributed by atoms with van der Waals surface area (Å²) in [5, 5.41) is 0. The molecule has 1 aliphatic heterocycles. The number of nitrogens with zero attached hydrogens (tertiary/aromatic N) is 3. The van der Waals surface area contributed by atoms with Crippen molar-refractivity contribution in [3.63, 3.8) is 0 Å². The van der Waals surface area contributed by atoms with Gasteiger partial charge in [-0.25, -0.2) is 15.0 Å². The Bertz CT molecular complexity index is 710. The molecule has 0 spiro atoms. The molecule has 6 heteroatoms. The SMILES string of the molecule is Cc1nc(C)nc(-c2ccccc2B2OC(C)(C)C(C)(C)O2)n1. The van der Waals surface area contributed by atoms with Crippen LogP contribution in [0.3, 0.4) is 0 Å². The van der Waals surface area contributed by atoms with Crippen molar-refractivity contribution in [3.8, 4) is 11.4 Å². The van der Waals surface area contributed by atoms with Crippen LogP contribution in [0, 0.1) is 13.8 Å². The molecule has 1 fully saturated rings. The molecule has 3 rings (SSSR count). The van der Waals surface area contributed by atoms with Gasteiger partial charge in [-0.2, -0.15) is 0 Å². The van der Waals surface area contributed by atoms with Crippen molar-refractivity contribution in [2.45, 2.75) is 52.7 Å². The number of hydrogen-bond acceptors (Lipinski definition) is 5. The van der Waals surface area contributed by atoms with Crippen LogP contribution in [0.1, 0.15) is 39.3 Å². The van der Waals surface area contributed by atoms with Gasteiger partial charge in [-0.05, 0) is 47.0 Å². The average Bonchev–Trinajstić information content (AvgIpc) is 2.66. The first-order chi connectivity index (χ1) is 10.7. The third-order valence-electron chi connectivity index (χ3n) is 4.57. The van der Waals surface area contributed by atoms with E-state index in [-0.39, 0.29) is 11.2 Å². The maximum absolute atomic E-state index is 6.18. The first-order valence-electron chi connectivity index (χ1n) is 7.84. The van der Waals surface area contributed by atoms with Gasteiger partial charge >= 0.3 is 7.12 Å². The van der Waals surface area contributed by atoms with E-state index in [1.807, 2.05) is 65.8 Å². The van der Waals surface area contributed by atoms with Crippen molar-refractivity contribution in [2.75, 3.05) is 0 Å². The molecule has 0 radical (unpaired) electrons. The highest BCUT2D eigenvalue weighted by Gasteiger charge is 2.52. The Labute approximate surface area is 137 Å². The van der Waals surface area contributed by atoms with Crippen molar-refractivity contribution < 1.29 is 9.31 Å². The van der Waals surface area contributed by atoms with Gasteiger partial charge in [-0.3, -0.25) is 0 Å². The molecule has 0 unspecified atom stereocenters. The number of benzene rings is 1. The molecule has 0 amide bonds. The van der Waals surface area contributed by atoms with Crippen molar-refractivity contribution >= 4 is 12.6 Å². The van der Waals surface area contributed by atoms with E-state index >= 15 is 0 Å². The lowest BCUT2D eigenvalue weighted by Crippen LogP contribution is -2.41. The maximum Gasteiger partial charge on any atom is 0.495 e. The molecule has 5 nitrogen and oxygen atoms in total. The second kappa shape index (κ2) is 5.39. The molecular weight excluding hydrogens is 289 g/mol. The van der Waals surface area contributed by atoms with E-state index in [2.05, 4.69) is 15.0 Å². The van der Waals surface area contributed by atoms with Gasteiger partial charge in [-0.1, -0.05) is 24.3 Å². The van der Waals surface area contributed by atoms with Crippen LogP contribution >= 0.6 is 0 Å². The fourth-order valence-electron chi connectivity index (χ4n) is 2.61. The zero-order chi connectivity index (χ0) is 16.8. The van der Waals surface area contributed by atoms with Crippen LogP contribution in [-0.4, -0.2) is 33.3 Å². The highest BCUT2D eigenvalue weighted by molar-refractivity contribution is 6.63. The van der Waals surface area contributed by atoms with Crippen LogP contribution in [0.15, 0.2) is 24.3 Å². The largest absolute Gasteiger partial charge is 0.495 e. The Balaban J connectivity index is 2.06. The first-order valence-corrected chi connectivity index (χ1v) is 7.84. The topological polar surface area (TPSA) is 57.1 Å². The van der Waals surface area contributed by atoms with Gasteiger partial charge in [-0.15, -0.1) is 0 Å². The lowest BCUT2D eigenvalue weighted by molar-refractivity contribution is 0.00578. The molecule has 1 aromatic heterocycles. The Morgan fingerprint density at radius 1 is 0.826 bits per heavy atom.